The molecule has 3 aliphatic rings. The number of allylic oxidation sites excluding steroid dienone is 1. The molecule has 2 aliphatic heterocycles. The fraction of sp³-hybridized carbons (Fsp3) is 0.138. The molecule has 3 aromatic rings. The van der Waals surface area contributed by atoms with E-state index in [9.17, 15) is 0 Å². The molecule has 0 amide bonds. The minimum absolute atomic E-state index is 0.0958. The van der Waals surface area contributed by atoms with Gasteiger partial charge in [0.15, 0.2) is 5.17 Å². The van der Waals surface area contributed by atoms with E-state index in [0.717, 1.165) is 57.0 Å². The highest BCUT2D eigenvalue weighted by atomic mass is 79.9. The number of thioether (sulfide) groups is 1. The van der Waals surface area contributed by atoms with Crippen LogP contribution < -0.4 is 0 Å². The third-order valence-electron chi connectivity index (χ3n) is 6.73. The van der Waals surface area contributed by atoms with E-state index in [2.05, 4.69) is 56.6 Å². The van der Waals surface area contributed by atoms with Crippen LogP contribution in [0.2, 0.25) is 20.1 Å². The van der Waals surface area contributed by atoms with Gasteiger partial charge >= 0.3 is 0 Å². The van der Waals surface area contributed by atoms with Crippen molar-refractivity contribution < 1.29 is 0 Å². The topological polar surface area (TPSA) is 15.6 Å². The van der Waals surface area contributed by atoms with Crippen LogP contribution in [0, 0.1) is 0 Å². The van der Waals surface area contributed by atoms with Crippen LogP contribution in [-0.4, -0.2) is 10.1 Å². The van der Waals surface area contributed by atoms with Crippen LogP contribution in [0.4, 0.5) is 0 Å². The van der Waals surface area contributed by atoms with Crippen molar-refractivity contribution in [1.82, 2.24) is 4.90 Å². The first-order valence-electron chi connectivity index (χ1n) is 11.7. The van der Waals surface area contributed by atoms with E-state index < -0.39 is 0 Å². The fourth-order valence-corrected chi connectivity index (χ4v) is 7.22. The van der Waals surface area contributed by atoms with E-state index in [1.165, 1.54) is 11.1 Å². The van der Waals surface area contributed by atoms with Crippen molar-refractivity contribution in [3.63, 3.8) is 0 Å². The summed E-state index contributed by atoms with van der Waals surface area (Å²) in [5, 5.41) is 5.63. The number of halogens is 5. The standard InChI is InChI=1S/C29H19BrCl4N2S/c30-19-7-4-16(5-8-19)26-15-37-29-35-27-18(12-17-6-9-20(31)13-24(17)33)2-1-3-23(27)28(36(26)29)22-11-10-21(32)14-25(22)34/h4-15,28H,1-3H2. The Morgan fingerprint density at radius 2 is 1.62 bits per heavy atom. The lowest BCUT2D eigenvalue weighted by molar-refractivity contribution is 0.458. The number of benzene rings is 3. The molecule has 3 aromatic carbocycles. The predicted octanol–water partition coefficient (Wildman–Crippen LogP) is 11.0. The quantitative estimate of drug-likeness (QED) is 0.281. The Hall–Kier alpha value is -1.66. The van der Waals surface area contributed by atoms with E-state index in [0.29, 0.717) is 20.1 Å². The molecule has 0 spiro atoms. The summed E-state index contributed by atoms with van der Waals surface area (Å²) < 4.78 is 1.04. The van der Waals surface area contributed by atoms with Crippen molar-refractivity contribution in [1.29, 1.82) is 0 Å². The second kappa shape index (κ2) is 10.5. The van der Waals surface area contributed by atoms with Crippen molar-refractivity contribution >= 4 is 91.0 Å². The Labute approximate surface area is 248 Å². The number of fused-ring (bicyclic) bond motifs is 1. The lowest BCUT2D eigenvalue weighted by atomic mass is 9.82. The molecule has 0 radical (unpaired) electrons. The molecular weight excluding hydrogens is 630 g/mol. The Morgan fingerprint density at radius 1 is 0.892 bits per heavy atom. The van der Waals surface area contributed by atoms with E-state index in [-0.39, 0.29) is 6.04 Å². The van der Waals surface area contributed by atoms with Crippen molar-refractivity contribution in [3.8, 4) is 0 Å². The van der Waals surface area contributed by atoms with Crippen LogP contribution in [0.3, 0.4) is 0 Å². The van der Waals surface area contributed by atoms with Crippen molar-refractivity contribution in [3.05, 3.63) is 124 Å². The number of amidine groups is 1. The first-order valence-corrected chi connectivity index (χ1v) is 14.9. The summed E-state index contributed by atoms with van der Waals surface area (Å²) in [6.07, 6.45) is 5.01. The summed E-state index contributed by atoms with van der Waals surface area (Å²) in [5.41, 5.74) is 7.63. The number of rotatable bonds is 3. The minimum Gasteiger partial charge on any atom is -0.308 e. The van der Waals surface area contributed by atoms with E-state index in [4.69, 9.17) is 51.4 Å². The Kier molecular flexibility index (Phi) is 7.26. The zero-order valence-electron chi connectivity index (χ0n) is 19.3. The summed E-state index contributed by atoms with van der Waals surface area (Å²) in [4.78, 5) is 7.54. The number of hydrogen-bond acceptors (Lipinski definition) is 3. The molecule has 1 atom stereocenters. The smallest absolute Gasteiger partial charge is 0.174 e. The molecule has 1 aliphatic carbocycles. The number of hydrogen-bond donors (Lipinski definition) is 0. The molecule has 0 bridgehead atoms. The maximum atomic E-state index is 6.85. The van der Waals surface area contributed by atoms with E-state index in [1.54, 1.807) is 17.8 Å². The van der Waals surface area contributed by atoms with Crippen molar-refractivity contribution in [2.24, 2.45) is 4.99 Å². The first kappa shape index (κ1) is 25.6. The Bertz CT molecular complexity index is 1540. The normalized spacial score (nSPS) is 20.1. The molecule has 0 saturated heterocycles. The average molecular weight is 649 g/mol. The van der Waals surface area contributed by atoms with Gasteiger partial charge in [0.1, 0.15) is 0 Å². The van der Waals surface area contributed by atoms with Gasteiger partial charge in [0, 0.05) is 30.0 Å². The predicted molar refractivity (Wildman–Crippen MR) is 164 cm³/mol. The Morgan fingerprint density at radius 3 is 2.35 bits per heavy atom. The molecule has 2 heterocycles. The third kappa shape index (κ3) is 4.93. The molecule has 186 valence electrons. The minimum atomic E-state index is -0.0958. The molecule has 0 aromatic heterocycles. The highest BCUT2D eigenvalue weighted by Crippen LogP contribution is 2.52. The summed E-state index contributed by atoms with van der Waals surface area (Å²) in [7, 11) is 0. The summed E-state index contributed by atoms with van der Waals surface area (Å²) in [5.74, 6) is 0. The van der Waals surface area contributed by atoms with Crippen LogP contribution in [0.15, 0.2) is 92.4 Å². The molecular formula is C29H19BrCl4N2S. The molecule has 2 nitrogen and oxygen atoms in total. The van der Waals surface area contributed by atoms with Crippen LogP contribution in [0.1, 0.15) is 42.0 Å². The molecule has 0 N–H and O–H groups in total. The van der Waals surface area contributed by atoms with Gasteiger partial charge in [-0.1, -0.05) is 98.4 Å². The van der Waals surface area contributed by atoms with Crippen molar-refractivity contribution in [2.45, 2.75) is 25.3 Å². The largest absolute Gasteiger partial charge is 0.308 e. The average Bonchev–Trinajstić information content (AvgIpc) is 3.29. The van der Waals surface area contributed by atoms with Gasteiger partial charge in [0.05, 0.1) is 17.4 Å². The van der Waals surface area contributed by atoms with E-state index >= 15 is 0 Å². The molecule has 8 heteroatoms. The van der Waals surface area contributed by atoms with Gasteiger partial charge in [-0.25, -0.2) is 4.99 Å². The van der Waals surface area contributed by atoms with E-state index in [1.807, 2.05) is 30.3 Å². The second-order valence-electron chi connectivity index (χ2n) is 9.02. The highest BCUT2D eigenvalue weighted by molar-refractivity contribution is 9.10. The van der Waals surface area contributed by atoms with Gasteiger partial charge in [0.25, 0.3) is 0 Å². The zero-order chi connectivity index (χ0) is 25.7. The van der Waals surface area contributed by atoms with Crippen LogP contribution in [0.5, 0.6) is 0 Å². The van der Waals surface area contributed by atoms with Crippen LogP contribution in [-0.2, 0) is 0 Å². The maximum Gasteiger partial charge on any atom is 0.174 e. The number of nitrogens with zero attached hydrogens (tertiary/aromatic N) is 2. The van der Waals surface area contributed by atoms with Gasteiger partial charge in [0.2, 0.25) is 0 Å². The lowest BCUT2D eigenvalue weighted by Crippen LogP contribution is -2.35. The van der Waals surface area contributed by atoms with Gasteiger partial charge < -0.3 is 4.90 Å². The maximum absolute atomic E-state index is 6.85. The summed E-state index contributed by atoms with van der Waals surface area (Å²) >= 11 is 31.0. The molecule has 0 fully saturated rings. The monoisotopic (exact) mass is 646 g/mol. The van der Waals surface area contributed by atoms with Crippen LogP contribution >= 0.6 is 74.1 Å². The molecule has 1 unspecified atom stereocenters. The van der Waals surface area contributed by atoms with Gasteiger partial charge in [-0.2, -0.15) is 0 Å². The fourth-order valence-electron chi connectivity index (χ4n) is 5.05. The van der Waals surface area contributed by atoms with Crippen molar-refractivity contribution in [2.75, 3.05) is 0 Å². The summed E-state index contributed by atoms with van der Waals surface area (Å²) in [6.45, 7) is 0. The molecule has 37 heavy (non-hydrogen) atoms. The summed E-state index contributed by atoms with van der Waals surface area (Å²) in [6, 6.07) is 19.6. The molecule has 6 rings (SSSR count). The SMILES string of the molecule is Clc1ccc(C=C2CCCC3=C2N=C2SC=C(c4ccc(Br)cc4)N2C3c2ccc(Cl)cc2Cl)c(Cl)c1. The van der Waals surface area contributed by atoms with Gasteiger partial charge in [-0.3, -0.25) is 0 Å². The highest BCUT2D eigenvalue weighted by Gasteiger charge is 2.41. The zero-order valence-corrected chi connectivity index (χ0v) is 24.7. The Balaban J connectivity index is 1.52. The molecule has 0 saturated carbocycles. The van der Waals surface area contributed by atoms with Crippen LogP contribution in [0.25, 0.3) is 11.8 Å². The van der Waals surface area contributed by atoms with Gasteiger partial charge in [-0.15, -0.1) is 0 Å². The van der Waals surface area contributed by atoms with Gasteiger partial charge in [-0.05, 0) is 89.6 Å². The lowest BCUT2D eigenvalue weighted by Gasteiger charge is -2.40. The first-order chi connectivity index (χ1) is 17.9. The second-order valence-corrected chi connectivity index (χ2v) is 12.5. The third-order valence-corrected chi connectivity index (χ3v) is 9.22. The number of aliphatic imine (C=N–C) groups is 1.